The van der Waals surface area contributed by atoms with Gasteiger partial charge in [0.1, 0.15) is 0 Å². The third-order valence-electron chi connectivity index (χ3n) is 2.51. The van der Waals surface area contributed by atoms with Crippen LogP contribution >= 0.6 is 0 Å². The lowest BCUT2D eigenvalue weighted by Gasteiger charge is -2.02. The second kappa shape index (κ2) is 4.86. The molecule has 0 bridgehead atoms. The van der Waals surface area contributed by atoms with E-state index in [0.717, 1.165) is 17.5 Å². The summed E-state index contributed by atoms with van der Waals surface area (Å²) in [5.74, 6) is 0.694. The van der Waals surface area contributed by atoms with Crippen LogP contribution in [0, 0.1) is 0 Å². The van der Waals surface area contributed by atoms with Gasteiger partial charge in [0.15, 0.2) is 5.82 Å². The van der Waals surface area contributed by atoms with E-state index in [1.54, 1.807) is 12.4 Å². The Morgan fingerprint density at radius 3 is 2.12 bits per heavy atom. The lowest BCUT2D eigenvalue weighted by molar-refractivity contribution is 0.281. The Balaban J connectivity index is 2.28. The van der Waals surface area contributed by atoms with E-state index < -0.39 is 0 Å². The summed E-state index contributed by atoms with van der Waals surface area (Å²) in [5.41, 5.74) is 3.03. The molecule has 82 valence electrons. The molecule has 3 nitrogen and oxygen atoms in total. The highest BCUT2D eigenvalue weighted by atomic mass is 16.3. The smallest absolute Gasteiger partial charge is 0.159 e. The number of aliphatic hydroxyl groups excluding tert-OH is 1. The van der Waals surface area contributed by atoms with Crippen LogP contribution in [0.15, 0.2) is 36.7 Å². The molecule has 0 saturated heterocycles. The van der Waals surface area contributed by atoms with Crippen LogP contribution in [0.2, 0.25) is 0 Å². The average Bonchev–Trinajstić information content (AvgIpc) is 2.39. The molecule has 0 aliphatic rings. The zero-order valence-electron chi connectivity index (χ0n) is 9.22. The van der Waals surface area contributed by atoms with E-state index in [0.29, 0.717) is 5.82 Å². The minimum Gasteiger partial charge on any atom is -0.392 e. The largest absolute Gasteiger partial charge is 0.392 e. The van der Waals surface area contributed by atoms with Gasteiger partial charge < -0.3 is 5.11 Å². The quantitative estimate of drug-likeness (QED) is 0.852. The Morgan fingerprint density at radius 2 is 1.62 bits per heavy atom. The predicted octanol–water partition coefficient (Wildman–Crippen LogP) is 2.20. The van der Waals surface area contributed by atoms with Crippen LogP contribution in [0.3, 0.4) is 0 Å². The summed E-state index contributed by atoms with van der Waals surface area (Å²) < 4.78 is 0. The van der Waals surface area contributed by atoms with Crippen LogP contribution in [-0.4, -0.2) is 15.1 Å². The van der Waals surface area contributed by atoms with Gasteiger partial charge in [-0.15, -0.1) is 0 Å². The van der Waals surface area contributed by atoms with Gasteiger partial charge in [-0.2, -0.15) is 0 Å². The summed E-state index contributed by atoms with van der Waals surface area (Å²) in [6.45, 7) is 2.11. The van der Waals surface area contributed by atoms with E-state index in [-0.39, 0.29) is 6.61 Å². The van der Waals surface area contributed by atoms with Crippen molar-refractivity contribution in [3.63, 3.8) is 0 Å². The van der Waals surface area contributed by atoms with Gasteiger partial charge >= 0.3 is 0 Å². The minimum atomic E-state index is -0.0188. The average molecular weight is 214 g/mol. The number of aromatic nitrogens is 2. The third kappa shape index (κ3) is 2.25. The van der Waals surface area contributed by atoms with Gasteiger partial charge in [0.2, 0.25) is 0 Å². The molecule has 0 radical (unpaired) electrons. The Bertz CT molecular complexity index is 403. The molecule has 0 spiro atoms. The normalized spacial score (nSPS) is 10.4. The summed E-state index contributed by atoms with van der Waals surface area (Å²) in [7, 11) is 0. The minimum absolute atomic E-state index is 0.0188. The number of rotatable bonds is 3. The van der Waals surface area contributed by atoms with Gasteiger partial charge in [-0.05, 0) is 12.0 Å². The molecular formula is C13H14N2O. The summed E-state index contributed by atoms with van der Waals surface area (Å²) >= 11 is 0. The van der Waals surface area contributed by atoms with E-state index in [2.05, 4.69) is 29.0 Å². The van der Waals surface area contributed by atoms with Gasteiger partial charge in [0, 0.05) is 23.5 Å². The molecule has 0 aliphatic carbocycles. The number of aliphatic hydroxyl groups is 1. The number of hydrogen-bond donors (Lipinski definition) is 1. The second-order valence-electron chi connectivity index (χ2n) is 3.62. The van der Waals surface area contributed by atoms with Crippen LogP contribution in [0.25, 0.3) is 11.4 Å². The van der Waals surface area contributed by atoms with Crippen LogP contribution in [0.1, 0.15) is 18.1 Å². The van der Waals surface area contributed by atoms with E-state index in [1.165, 1.54) is 5.56 Å². The summed E-state index contributed by atoms with van der Waals surface area (Å²) in [4.78, 5) is 8.41. The van der Waals surface area contributed by atoms with Gasteiger partial charge in [0.05, 0.1) is 6.61 Å². The molecule has 3 heteroatoms. The molecule has 0 amide bonds. The van der Waals surface area contributed by atoms with Crippen molar-refractivity contribution in [1.82, 2.24) is 9.97 Å². The number of nitrogens with zero attached hydrogens (tertiary/aromatic N) is 2. The Labute approximate surface area is 94.8 Å². The zero-order valence-corrected chi connectivity index (χ0v) is 9.22. The van der Waals surface area contributed by atoms with Gasteiger partial charge in [-0.25, -0.2) is 9.97 Å². The Morgan fingerprint density at radius 1 is 1.00 bits per heavy atom. The summed E-state index contributed by atoms with van der Waals surface area (Å²) in [6.07, 6.45) is 4.33. The predicted molar refractivity (Wildman–Crippen MR) is 62.8 cm³/mol. The van der Waals surface area contributed by atoms with E-state index >= 15 is 0 Å². The molecule has 2 aromatic rings. The van der Waals surface area contributed by atoms with Crippen molar-refractivity contribution >= 4 is 0 Å². The van der Waals surface area contributed by atoms with Crippen molar-refractivity contribution in [3.8, 4) is 11.4 Å². The van der Waals surface area contributed by atoms with Crippen molar-refractivity contribution in [2.45, 2.75) is 20.0 Å². The first-order valence-electron chi connectivity index (χ1n) is 5.34. The molecule has 1 aromatic heterocycles. The Kier molecular flexibility index (Phi) is 3.27. The topological polar surface area (TPSA) is 46.0 Å². The molecule has 2 rings (SSSR count). The zero-order chi connectivity index (χ0) is 11.4. The summed E-state index contributed by atoms with van der Waals surface area (Å²) in [5, 5.41) is 8.89. The number of benzene rings is 1. The molecule has 0 unspecified atom stereocenters. The molecule has 16 heavy (non-hydrogen) atoms. The molecule has 0 atom stereocenters. The molecule has 0 saturated carbocycles. The fourth-order valence-electron chi connectivity index (χ4n) is 1.48. The van der Waals surface area contributed by atoms with Crippen LogP contribution in [0.4, 0.5) is 0 Å². The lowest BCUT2D eigenvalue weighted by atomic mass is 10.1. The van der Waals surface area contributed by atoms with Crippen LogP contribution in [0.5, 0.6) is 0 Å². The van der Waals surface area contributed by atoms with E-state index in [1.807, 2.05) is 12.1 Å². The maximum Gasteiger partial charge on any atom is 0.159 e. The highest BCUT2D eigenvalue weighted by molar-refractivity contribution is 5.55. The molecule has 0 aliphatic heterocycles. The second-order valence-corrected chi connectivity index (χ2v) is 3.62. The number of aryl methyl sites for hydroxylation is 1. The monoisotopic (exact) mass is 214 g/mol. The van der Waals surface area contributed by atoms with Crippen molar-refractivity contribution in [1.29, 1.82) is 0 Å². The molecule has 1 N–H and O–H groups in total. The van der Waals surface area contributed by atoms with Crippen molar-refractivity contribution in [2.24, 2.45) is 0 Å². The summed E-state index contributed by atoms with van der Waals surface area (Å²) in [6, 6.07) is 8.21. The van der Waals surface area contributed by atoms with E-state index in [4.69, 9.17) is 5.11 Å². The van der Waals surface area contributed by atoms with Crippen molar-refractivity contribution in [2.75, 3.05) is 0 Å². The van der Waals surface area contributed by atoms with Crippen LogP contribution < -0.4 is 0 Å². The van der Waals surface area contributed by atoms with Crippen molar-refractivity contribution in [3.05, 3.63) is 47.8 Å². The molecule has 0 fully saturated rings. The first-order valence-corrected chi connectivity index (χ1v) is 5.34. The highest BCUT2D eigenvalue weighted by Gasteiger charge is 2.00. The number of hydrogen-bond acceptors (Lipinski definition) is 3. The fraction of sp³-hybridized carbons (Fsp3) is 0.231. The molecular weight excluding hydrogens is 200 g/mol. The first-order chi connectivity index (χ1) is 7.83. The van der Waals surface area contributed by atoms with Crippen LogP contribution in [-0.2, 0) is 13.0 Å². The van der Waals surface area contributed by atoms with Crippen molar-refractivity contribution < 1.29 is 5.11 Å². The fourth-order valence-corrected chi connectivity index (χ4v) is 1.48. The maximum absolute atomic E-state index is 8.89. The van der Waals surface area contributed by atoms with Gasteiger partial charge in [0.25, 0.3) is 0 Å². The van der Waals surface area contributed by atoms with E-state index in [9.17, 15) is 0 Å². The standard InChI is InChI=1S/C13H14N2O/c1-2-10-3-5-12(6-4-10)13-14-7-11(9-16)8-15-13/h3-8,16H,2,9H2,1H3. The molecule has 1 aromatic carbocycles. The SMILES string of the molecule is CCc1ccc(-c2ncc(CO)cn2)cc1. The first kappa shape index (κ1) is 10.8. The van der Waals surface area contributed by atoms with Gasteiger partial charge in [-0.3, -0.25) is 0 Å². The Hall–Kier alpha value is -1.74. The van der Waals surface area contributed by atoms with Gasteiger partial charge in [-0.1, -0.05) is 31.2 Å². The third-order valence-corrected chi connectivity index (χ3v) is 2.51. The highest BCUT2D eigenvalue weighted by Crippen LogP contribution is 2.15. The molecule has 1 heterocycles. The lowest BCUT2D eigenvalue weighted by Crippen LogP contribution is -1.92. The maximum atomic E-state index is 8.89.